The van der Waals surface area contributed by atoms with E-state index in [1.807, 2.05) is 6.07 Å². The molecule has 2 nitrogen and oxygen atoms in total. The Morgan fingerprint density at radius 2 is 2.31 bits per heavy atom. The van der Waals surface area contributed by atoms with Gasteiger partial charge in [-0.1, -0.05) is 6.07 Å². The Labute approximate surface area is 94.8 Å². The van der Waals surface area contributed by atoms with E-state index in [-0.39, 0.29) is 11.9 Å². The normalized spacial score (nSPS) is 29.1. The van der Waals surface area contributed by atoms with E-state index >= 15 is 0 Å². The SMILES string of the molecule is Fc1ccc2c(c1)CCO[C@@H]2[C@@H]1CCCN1. The van der Waals surface area contributed by atoms with Gasteiger partial charge in [-0.05, 0) is 49.1 Å². The Hall–Kier alpha value is -0.930. The molecule has 1 N–H and O–H groups in total. The van der Waals surface area contributed by atoms with Gasteiger partial charge in [-0.15, -0.1) is 0 Å². The molecule has 2 aliphatic heterocycles. The van der Waals surface area contributed by atoms with E-state index in [4.69, 9.17) is 4.74 Å². The van der Waals surface area contributed by atoms with Crippen LogP contribution in [0.2, 0.25) is 0 Å². The quantitative estimate of drug-likeness (QED) is 0.785. The molecule has 0 saturated carbocycles. The maximum atomic E-state index is 13.1. The minimum atomic E-state index is -0.140. The molecule has 2 aliphatic rings. The zero-order chi connectivity index (χ0) is 11.0. The van der Waals surface area contributed by atoms with Gasteiger partial charge >= 0.3 is 0 Å². The molecule has 86 valence electrons. The Morgan fingerprint density at radius 1 is 1.38 bits per heavy atom. The molecule has 1 aromatic rings. The van der Waals surface area contributed by atoms with Gasteiger partial charge in [0.05, 0.1) is 12.7 Å². The van der Waals surface area contributed by atoms with Crippen molar-refractivity contribution < 1.29 is 9.13 Å². The lowest BCUT2D eigenvalue weighted by molar-refractivity contribution is 0.0198. The van der Waals surface area contributed by atoms with Gasteiger partial charge in [0.1, 0.15) is 5.82 Å². The lowest BCUT2D eigenvalue weighted by Crippen LogP contribution is -2.33. The first-order valence-corrected chi connectivity index (χ1v) is 5.98. The van der Waals surface area contributed by atoms with Crippen molar-refractivity contribution in [2.75, 3.05) is 13.2 Å². The summed E-state index contributed by atoms with van der Waals surface area (Å²) in [6, 6.07) is 5.48. The molecular formula is C13H16FNO. The summed E-state index contributed by atoms with van der Waals surface area (Å²) in [6.45, 7) is 1.78. The monoisotopic (exact) mass is 221 g/mol. The Balaban J connectivity index is 1.93. The highest BCUT2D eigenvalue weighted by atomic mass is 19.1. The third kappa shape index (κ3) is 1.74. The smallest absolute Gasteiger partial charge is 0.123 e. The molecule has 0 spiro atoms. The third-order valence-corrected chi connectivity index (χ3v) is 3.54. The second-order valence-electron chi connectivity index (χ2n) is 4.59. The van der Waals surface area contributed by atoms with E-state index in [1.165, 1.54) is 18.1 Å². The number of nitrogens with one attached hydrogen (secondary N) is 1. The van der Waals surface area contributed by atoms with Gasteiger partial charge in [0, 0.05) is 6.04 Å². The van der Waals surface area contributed by atoms with Crippen LogP contribution in [0.1, 0.15) is 30.1 Å². The van der Waals surface area contributed by atoms with Gasteiger partial charge in [-0.3, -0.25) is 0 Å². The zero-order valence-corrected chi connectivity index (χ0v) is 9.21. The van der Waals surface area contributed by atoms with Crippen molar-refractivity contribution in [1.29, 1.82) is 0 Å². The van der Waals surface area contributed by atoms with E-state index in [0.717, 1.165) is 24.9 Å². The van der Waals surface area contributed by atoms with Crippen molar-refractivity contribution in [3.05, 3.63) is 35.1 Å². The number of benzene rings is 1. The van der Waals surface area contributed by atoms with Crippen LogP contribution in [0.4, 0.5) is 4.39 Å². The molecular weight excluding hydrogens is 205 g/mol. The molecule has 1 fully saturated rings. The molecule has 0 aliphatic carbocycles. The highest BCUT2D eigenvalue weighted by Gasteiger charge is 2.30. The summed E-state index contributed by atoms with van der Waals surface area (Å²) in [5, 5.41) is 3.46. The molecule has 16 heavy (non-hydrogen) atoms. The molecule has 2 atom stereocenters. The van der Waals surface area contributed by atoms with Crippen molar-refractivity contribution in [2.24, 2.45) is 0 Å². The minimum Gasteiger partial charge on any atom is -0.372 e. The number of ether oxygens (including phenoxy) is 1. The van der Waals surface area contributed by atoms with Crippen molar-refractivity contribution in [3.63, 3.8) is 0 Å². The second-order valence-corrected chi connectivity index (χ2v) is 4.59. The average Bonchev–Trinajstić information content (AvgIpc) is 2.81. The van der Waals surface area contributed by atoms with Crippen LogP contribution in [-0.4, -0.2) is 19.2 Å². The van der Waals surface area contributed by atoms with Gasteiger partial charge in [0.25, 0.3) is 0 Å². The van der Waals surface area contributed by atoms with Gasteiger partial charge in [-0.25, -0.2) is 4.39 Å². The molecule has 0 radical (unpaired) electrons. The number of halogens is 1. The van der Waals surface area contributed by atoms with Gasteiger partial charge in [0.2, 0.25) is 0 Å². The summed E-state index contributed by atoms with van der Waals surface area (Å²) in [5.41, 5.74) is 2.29. The number of fused-ring (bicyclic) bond motifs is 1. The molecule has 3 rings (SSSR count). The zero-order valence-electron chi connectivity index (χ0n) is 9.21. The van der Waals surface area contributed by atoms with Gasteiger partial charge in [-0.2, -0.15) is 0 Å². The Morgan fingerprint density at radius 3 is 3.12 bits per heavy atom. The molecule has 3 heteroatoms. The van der Waals surface area contributed by atoms with E-state index < -0.39 is 0 Å². The van der Waals surface area contributed by atoms with Crippen molar-refractivity contribution in [3.8, 4) is 0 Å². The lowest BCUT2D eigenvalue weighted by Gasteiger charge is -2.30. The van der Waals surface area contributed by atoms with E-state index in [1.54, 1.807) is 6.07 Å². The molecule has 2 heterocycles. The van der Waals surface area contributed by atoms with E-state index in [9.17, 15) is 4.39 Å². The fraction of sp³-hybridized carbons (Fsp3) is 0.538. The van der Waals surface area contributed by atoms with E-state index in [0.29, 0.717) is 12.6 Å². The summed E-state index contributed by atoms with van der Waals surface area (Å²) in [5.74, 6) is -0.140. The summed E-state index contributed by atoms with van der Waals surface area (Å²) in [6.07, 6.45) is 3.31. The van der Waals surface area contributed by atoms with Crippen LogP contribution >= 0.6 is 0 Å². The summed E-state index contributed by atoms with van der Waals surface area (Å²) < 4.78 is 19.0. The van der Waals surface area contributed by atoms with E-state index in [2.05, 4.69) is 5.32 Å². The maximum absolute atomic E-state index is 13.1. The topological polar surface area (TPSA) is 21.3 Å². The summed E-state index contributed by atoms with van der Waals surface area (Å²) in [4.78, 5) is 0. The largest absolute Gasteiger partial charge is 0.372 e. The first-order chi connectivity index (χ1) is 7.84. The third-order valence-electron chi connectivity index (χ3n) is 3.54. The van der Waals surface area contributed by atoms with Gasteiger partial charge in [0.15, 0.2) is 0 Å². The van der Waals surface area contributed by atoms with Crippen LogP contribution in [-0.2, 0) is 11.2 Å². The predicted molar refractivity (Wildman–Crippen MR) is 59.8 cm³/mol. The minimum absolute atomic E-state index is 0.117. The van der Waals surface area contributed by atoms with Crippen molar-refractivity contribution in [2.45, 2.75) is 31.4 Å². The Bertz CT molecular complexity index is 388. The number of rotatable bonds is 1. The average molecular weight is 221 g/mol. The second kappa shape index (κ2) is 4.15. The summed E-state index contributed by atoms with van der Waals surface area (Å²) >= 11 is 0. The molecule has 1 aromatic carbocycles. The fourth-order valence-electron chi connectivity index (χ4n) is 2.76. The van der Waals surface area contributed by atoms with Crippen LogP contribution in [0.5, 0.6) is 0 Å². The fourth-order valence-corrected chi connectivity index (χ4v) is 2.76. The van der Waals surface area contributed by atoms with Crippen molar-refractivity contribution >= 4 is 0 Å². The Kier molecular flexibility index (Phi) is 2.65. The highest BCUT2D eigenvalue weighted by Crippen LogP contribution is 2.33. The first kappa shape index (κ1) is 10.2. The number of hydrogen-bond acceptors (Lipinski definition) is 2. The molecule has 0 amide bonds. The molecule has 1 saturated heterocycles. The predicted octanol–water partition coefficient (Wildman–Crippen LogP) is 2.19. The van der Waals surface area contributed by atoms with Crippen LogP contribution in [0.25, 0.3) is 0 Å². The molecule has 0 bridgehead atoms. The van der Waals surface area contributed by atoms with Gasteiger partial charge < -0.3 is 10.1 Å². The number of hydrogen-bond donors (Lipinski definition) is 1. The first-order valence-electron chi connectivity index (χ1n) is 5.98. The lowest BCUT2D eigenvalue weighted by atomic mass is 9.92. The van der Waals surface area contributed by atoms with Crippen LogP contribution in [0, 0.1) is 5.82 Å². The molecule has 0 unspecified atom stereocenters. The summed E-state index contributed by atoms with van der Waals surface area (Å²) in [7, 11) is 0. The standard InChI is InChI=1S/C13H16FNO/c14-10-3-4-11-9(8-10)5-7-16-13(11)12-2-1-6-15-12/h3-4,8,12-13,15H,1-2,5-7H2/t12-,13-/m0/s1. The molecule has 0 aromatic heterocycles. The van der Waals surface area contributed by atoms with Crippen LogP contribution in [0.3, 0.4) is 0 Å². The van der Waals surface area contributed by atoms with Crippen LogP contribution < -0.4 is 5.32 Å². The van der Waals surface area contributed by atoms with Crippen molar-refractivity contribution in [1.82, 2.24) is 5.32 Å². The maximum Gasteiger partial charge on any atom is 0.123 e. The highest BCUT2D eigenvalue weighted by molar-refractivity contribution is 5.32. The van der Waals surface area contributed by atoms with Crippen LogP contribution in [0.15, 0.2) is 18.2 Å².